The zero-order chi connectivity index (χ0) is 30.6. The molecule has 0 fully saturated rings. The van der Waals surface area contributed by atoms with Crippen molar-refractivity contribution in [2.24, 2.45) is 5.16 Å². The van der Waals surface area contributed by atoms with E-state index in [4.69, 9.17) is 25.8 Å². The molecule has 1 aliphatic rings. The molecule has 4 aromatic rings. The fraction of sp³-hybridized carbons (Fsp3) is 0.265. The fourth-order valence-electron chi connectivity index (χ4n) is 5.03. The summed E-state index contributed by atoms with van der Waals surface area (Å²) in [6.07, 6.45) is 1.93. The van der Waals surface area contributed by atoms with Crippen LogP contribution in [0.1, 0.15) is 57.1 Å². The van der Waals surface area contributed by atoms with Gasteiger partial charge in [0, 0.05) is 30.4 Å². The van der Waals surface area contributed by atoms with Crippen LogP contribution in [0.25, 0.3) is 0 Å². The Morgan fingerprint density at radius 1 is 0.977 bits per heavy atom. The number of oxime groups is 1. The van der Waals surface area contributed by atoms with Gasteiger partial charge < -0.3 is 31.1 Å². The highest BCUT2D eigenvalue weighted by atomic mass is 16.6. The van der Waals surface area contributed by atoms with Crippen LogP contribution in [0.5, 0.6) is 11.5 Å². The first-order valence-electron chi connectivity index (χ1n) is 14.2. The molecule has 1 aromatic heterocycles. The third-order valence-electron chi connectivity index (χ3n) is 7.71. The standard InChI is InChI=1S/C34H37N5O4/c1-21-22(2)32-30(23(3)31(21)36)28(39-42-19-25-8-6-5-7-9-25)16-34(4,43-32)20-41-27-13-10-24(11-14-27)17-38-33(40)26-12-15-29(35)37-18-26/h5-15,18H,16-17,19-20,36H2,1-4H3,(H2,35,37)(H,38,40). The summed E-state index contributed by atoms with van der Waals surface area (Å²) >= 11 is 0. The number of benzene rings is 3. The van der Waals surface area contributed by atoms with Gasteiger partial charge in [0.15, 0.2) is 0 Å². The molecule has 9 nitrogen and oxygen atoms in total. The molecule has 9 heteroatoms. The minimum Gasteiger partial charge on any atom is -0.489 e. The molecule has 0 saturated carbocycles. The SMILES string of the molecule is Cc1c(C)c2c(c(C)c1N)C(=NOCc1ccccc1)CC(C)(COc1ccc(CNC(=O)c3ccc(N)nc3)cc1)O2. The van der Waals surface area contributed by atoms with Crippen LogP contribution >= 0.6 is 0 Å². The second-order valence-corrected chi connectivity index (χ2v) is 11.1. The maximum absolute atomic E-state index is 12.4. The van der Waals surface area contributed by atoms with E-state index < -0.39 is 5.60 Å². The van der Waals surface area contributed by atoms with Gasteiger partial charge in [0.2, 0.25) is 0 Å². The van der Waals surface area contributed by atoms with E-state index >= 15 is 0 Å². The lowest BCUT2D eigenvalue weighted by Crippen LogP contribution is -2.45. The summed E-state index contributed by atoms with van der Waals surface area (Å²) in [5.74, 6) is 1.59. The lowest BCUT2D eigenvalue weighted by atomic mass is 9.85. The molecule has 1 amide bonds. The number of hydrogen-bond acceptors (Lipinski definition) is 8. The number of aromatic nitrogens is 1. The zero-order valence-electron chi connectivity index (χ0n) is 24.9. The van der Waals surface area contributed by atoms with Crippen LogP contribution in [-0.2, 0) is 18.0 Å². The van der Waals surface area contributed by atoms with Crippen molar-refractivity contribution in [1.82, 2.24) is 10.3 Å². The second-order valence-electron chi connectivity index (χ2n) is 11.1. The number of nitrogens with two attached hydrogens (primary N) is 2. The molecule has 1 atom stereocenters. The highest BCUT2D eigenvalue weighted by Gasteiger charge is 2.39. The van der Waals surface area contributed by atoms with Gasteiger partial charge in [-0.05, 0) is 79.8 Å². The van der Waals surface area contributed by atoms with Crippen molar-refractivity contribution in [2.75, 3.05) is 18.1 Å². The Hall–Kier alpha value is -5.05. The van der Waals surface area contributed by atoms with Gasteiger partial charge >= 0.3 is 0 Å². The van der Waals surface area contributed by atoms with Crippen LogP contribution in [0.15, 0.2) is 78.1 Å². The van der Waals surface area contributed by atoms with Gasteiger partial charge in [-0.25, -0.2) is 4.98 Å². The molecule has 0 saturated heterocycles. The molecule has 3 aromatic carbocycles. The van der Waals surface area contributed by atoms with Crippen LogP contribution in [0.2, 0.25) is 0 Å². The van der Waals surface area contributed by atoms with E-state index in [9.17, 15) is 4.79 Å². The summed E-state index contributed by atoms with van der Waals surface area (Å²) in [5.41, 5.74) is 19.1. The van der Waals surface area contributed by atoms with E-state index in [1.807, 2.05) is 82.3 Å². The molecule has 0 radical (unpaired) electrons. The van der Waals surface area contributed by atoms with Crippen molar-refractivity contribution in [1.29, 1.82) is 0 Å². The van der Waals surface area contributed by atoms with Crippen molar-refractivity contribution >= 4 is 23.1 Å². The van der Waals surface area contributed by atoms with Crippen LogP contribution in [-0.4, -0.2) is 28.8 Å². The average Bonchev–Trinajstić information content (AvgIpc) is 3.02. The quantitative estimate of drug-likeness (QED) is 0.173. The number of nitrogens with zero attached hydrogens (tertiary/aromatic N) is 2. The number of fused-ring (bicyclic) bond motifs is 1. The predicted octanol–water partition coefficient (Wildman–Crippen LogP) is 5.64. The van der Waals surface area contributed by atoms with Crippen LogP contribution in [0.4, 0.5) is 11.5 Å². The average molecular weight is 580 g/mol. The molecule has 5 rings (SSSR count). The molecule has 1 unspecified atom stereocenters. The zero-order valence-corrected chi connectivity index (χ0v) is 24.9. The van der Waals surface area contributed by atoms with Gasteiger partial charge in [-0.1, -0.05) is 47.6 Å². The molecule has 5 N–H and O–H groups in total. The van der Waals surface area contributed by atoms with Gasteiger partial charge in [-0.3, -0.25) is 4.79 Å². The first kappa shape index (κ1) is 29.4. The molecule has 0 bridgehead atoms. The Kier molecular flexibility index (Phi) is 8.52. The summed E-state index contributed by atoms with van der Waals surface area (Å²) in [5, 5.41) is 7.49. The summed E-state index contributed by atoms with van der Waals surface area (Å²) in [4.78, 5) is 22.2. The largest absolute Gasteiger partial charge is 0.489 e. The molecule has 0 aliphatic carbocycles. The molecule has 1 aliphatic heterocycles. The van der Waals surface area contributed by atoms with E-state index in [1.54, 1.807) is 12.1 Å². The molecular formula is C34H37N5O4. The van der Waals surface area contributed by atoms with Crippen LogP contribution in [0, 0.1) is 20.8 Å². The van der Waals surface area contributed by atoms with E-state index in [1.165, 1.54) is 6.20 Å². The first-order chi connectivity index (χ1) is 20.6. The maximum atomic E-state index is 12.4. The van der Waals surface area contributed by atoms with Gasteiger partial charge in [0.1, 0.15) is 36.1 Å². The monoisotopic (exact) mass is 579 g/mol. The fourth-order valence-corrected chi connectivity index (χ4v) is 5.03. The molecule has 43 heavy (non-hydrogen) atoms. The summed E-state index contributed by atoms with van der Waals surface area (Å²) < 4.78 is 12.9. The molecule has 0 spiro atoms. The van der Waals surface area contributed by atoms with E-state index in [-0.39, 0.29) is 12.5 Å². The van der Waals surface area contributed by atoms with Crippen LogP contribution < -0.4 is 26.3 Å². The van der Waals surface area contributed by atoms with Crippen molar-refractivity contribution in [3.05, 3.63) is 112 Å². The van der Waals surface area contributed by atoms with Gasteiger partial charge in [0.05, 0.1) is 11.3 Å². The number of amides is 1. The van der Waals surface area contributed by atoms with Gasteiger partial charge in [-0.15, -0.1) is 0 Å². The predicted molar refractivity (Wildman–Crippen MR) is 168 cm³/mol. The highest BCUT2D eigenvalue weighted by Crippen LogP contribution is 2.42. The topological polar surface area (TPSA) is 134 Å². The summed E-state index contributed by atoms with van der Waals surface area (Å²) in [6.45, 7) is 9.03. The van der Waals surface area contributed by atoms with E-state index in [2.05, 4.69) is 15.5 Å². The number of pyridine rings is 1. The maximum Gasteiger partial charge on any atom is 0.253 e. The number of hydrogen-bond donors (Lipinski definition) is 3. The number of nitrogen functional groups attached to an aromatic ring is 2. The Morgan fingerprint density at radius 2 is 1.72 bits per heavy atom. The lowest BCUT2D eigenvalue weighted by Gasteiger charge is -2.38. The number of carbonyl (C=O) groups is 1. The number of rotatable bonds is 9. The summed E-state index contributed by atoms with van der Waals surface area (Å²) in [6, 6.07) is 20.8. The lowest BCUT2D eigenvalue weighted by molar-refractivity contribution is 0.0343. The number of carbonyl (C=O) groups excluding carboxylic acids is 1. The van der Waals surface area contributed by atoms with E-state index in [0.717, 1.165) is 50.5 Å². The number of anilines is 2. The normalized spacial score (nSPS) is 16.7. The highest BCUT2D eigenvalue weighted by molar-refractivity contribution is 6.07. The minimum atomic E-state index is -0.707. The van der Waals surface area contributed by atoms with Crippen LogP contribution in [0.3, 0.4) is 0 Å². The molecular weight excluding hydrogens is 542 g/mol. The Morgan fingerprint density at radius 3 is 2.42 bits per heavy atom. The third-order valence-corrected chi connectivity index (χ3v) is 7.71. The van der Waals surface area contributed by atoms with Crippen molar-refractivity contribution in [2.45, 2.75) is 52.9 Å². The van der Waals surface area contributed by atoms with Crippen molar-refractivity contribution in [3.8, 4) is 11.5 Å². The van der Waals surface area contributed by atoms with Crippen molar-refractivity contribution in [3.63, 3.8) is 0 Å². The van der Waals surface area contributed by atoms with E-state index in [0.29, 0.717) is 36.7 Å². The third kappa shape index (κ3) is 6.72. The Bertz CT molecular complexity index is 1640. The van der Waals surface area contributed by atoms with Gasteiger partial charge in [-0.2, -0.15) is 0 Å². The second kappa shape index (κ2) is 12.4. The smallest absolute Gasteiger partial charge is 0.253 e. The number of ether oxygens (including phenoxy) is 2. The Balaban J connectivity index is 1.28. The molecule has 2 heterocycles. The molecule has 222 valence electrons. The first-order valence-corrected chi connectivity index (χ1v) is 14.2. The summed E-state index contributed by atoms with van der Waals surface area (Å²) in [7, 11) is 0. The number of nitrogens with one attached hydrogen (secondary N) is 1. The Labute approximate surface area is 251 Å². The minimum absolute atomic E-state index is 0.219. The van der Waals surface area contributed by atoms with Crippen molar-refractivity contribution < 1.29 is 19.1 Å². The van der Waals surface area contributed by atoms with Gasteiger partial charge in [0.25, 0.3) is 5.91 Å².